The van der Waals surface area contributed by atoms with Gasteiger partial charge in [-0.25, -0.2) is 4.98 Å². The molecule has 0 saturated carbocycles. The predicted molar refractivity (Wildman–Crippen MR) is 61.9 cm³/mol. The van der Waals surface area contributed by atoms with E-state index in [0.29, 0.717) is 11.5 Å². The minimum absolute atomic E-state index is 0.273. The van der Waals surface area contributed by atoms with Gasteiger partial charge in [0.1, 0.15) is 6.26 Å². The maximum absolute atomic E-state index is 11.0. The van der Waals surface area contributed by atoms with Gasteiger partial charge in [-0.1, -0.05) is 11.6 Å². The van der Waals surface area contributed by atoms with E-state index in [9.17, 15) is 4.79 Å². The maximum Gasteiger partial charge on any atom is 0.253 e. The SMILES string of the molecule is Cc1coc(-c2ccc(C(=O)Cl)c(Cl)c2)n1. The normalized spacial score (nSPS) is 10.4. The van der Waals surface area contributed by atoms with Crippen LogP contribution >= 0.6 is 23.2 Å². The molecule has 1 heterocycles. The van der Waals surface area contributed by atoms with E-state index < -0.39 is 5.24 Å². The molecular weight excluding hydrogens is 249 g/mol. The molecule has 0 radical (unpaired) electrons. The van der Waals surface area contributed by atoms with Crippen molar-refractivity contribution in [2.75, 3.05) is 0 Å². The summed E-state index contributed by atoms with van der Waals surface area (Å²) in [6.07, 6.45) is 1.55. The van der Waals surface area contributed by atoms with Crippen molar-refractivity contribution in [2.24, 2.45) is 0 Å². The molecule has 0 aliphatic rings. The van der Waals surface area contributed by atoms with Gasteiger partial charge in [-0.2, -0.15) is 0 Å². The fourth-order valence-electron chi connectivity index (χ4n) is 1.29. The standard InChI is InChI=1S/C11H7Cl2NO2/c1-6-5-16-11(14-6)7-2-3-8(10(13)15)9(12)4-7/h2-5H,1H3. The first-order valence-corrected chi connectivity index (χ1v) is 5.25. The average Bonchev–Trinajstić information content (AvgIpc) is 2.64. The summed E-state index contributed by atoms with van der Waals surface area (Å²) in [5.74, 6) is 0.466. The Hall–Kier alpha value is -1.32. The molecule has 0 amide bonds. The third-order valence-electron chi connectivity index (χ3n) is 2.05. The molecule has 0 saturated heterocycles. The molecule has 0 unspecified atom stereocenters. The number of aromatic nitrogens is 1. The summed E-state index contributed by atoms with van der Waals surface area (Å²) in [4.78, 5) is 15.1. The van der Waals surface area contributed by atoms with Gasteiger partial charge in [0.2, 0.25) is 5.89 Å². The van der Waals surface area contributed by atoms with E-state index in [4.69, 9.17) is 27.6 Å². The zero-order valence-electron chi connectivity index (χ0n) is 8.33. The van der Waals surface area contributed by atoms with Crippen molar-refractivity contribution in [3.8, 4) is 11.5 Å². The number of nitrogens with zero attached hydrogens (tertiary/aromatic N) is 1. The number of aryl methyl sites for hydroxylation is 1. The van der Waals surface area contributed by atoms with Gasteiger partial charge in [0.05, 0.1) is 16.3 Å². The van der Waals surface area contributed by atoms with Gasteiger partial charge in [-0.3, -0.25) is 4.79 Å². The van der Waals surface area contributed by atoms with Crippen LogP contribution in [0.15, 0.2) is 28.9 Å². The highest BCUT2D eigenvalue weighted by Crippen LogP contribution is 2.26. The van der Waals surface area contributed by atoms with Crippen LogP contribution in [0.2, 0.25) is 5.02 Å². The number of halogens is 2. The van der Waals surface area contributed by atoms with Gasteiger partial charge in [0, 0.05) is 5.56 Å². The van der Waals surface area contributed by atoms with Crippen LogP contribution < -0.4 is 0 Å². The molecule has 0 atom stereocenters. The van der Waals surface area contributed by atoms with Crippen LogP contribution in [0.5, 0.6) is 0 Å². The Balaban J connectivity index is 2.45. The summed E-state index contributed by atoms with van der Waals surface area (Å²) in [5, 5.41) is -0.298. The van der Waals surface area contributed by atoms with E-state index >= 15 is 0 Å². The number of hydrogen-bond acceptors (Lipinski definition) is 3. The summed E-state index contributed by atoms with van der Waals surface area (Å²) >= 11 is 11.3. The highest BCUT2D eigenvalue weighted by atomic mass is 35.5. The van der Waals surface area contributed by atoms with Crippen LogP contribution in [0.1, 0.15) is 16.1 Å². The highest BCUT2D eigenvalue weighted by Gasteiger charge is 2.11. The molecule has 1 aromatic heterocycles. The Morgan fingerprint density at radius 1 is 1.44 bits per heavy atom. The van der Waals surface area contributed by atoms with Crippen molar-refractivity contribution >= 4 is 28.4 Å². The first kappa shape index (κ1) is 11.2. The number of carbonyl (C=O) groups is 1. The zero-order valence-corrected chi connectivity index (χ0v) is 9.84. The van der Waals surface area contributed by atoms with Crippen LogP contribution in [0.3, 0.4) is 0 Å². The number of rotatable bonds is 2. The molecule has 82 valence electrons. The first-order chi connectivity index (χ1) is 7.58. The zero-order chi connectivity index (χ0) is 11.7. The second kappa shape index (κ2) is 4.28. The lowest BCUT2D eigenvalue weighted by Gasteiger charge is -2.00. The summed E-state index contributed by atoms with van der Waals surface area (Å²) in [5.41, 5.74) is 1.76. The van der Waals surface area contributed by atoms with Crippen molar-refractivity contribution in [2.45, 2.75) is 6.92 Å². The molecule has 2 rings (SSSR count). The van der Waals surface area contributed by atoms with Crippen LogP contribution in [-0.4, -0.2) is 10.2 Å². The minimum atomic E-state index is -0.583. The lowest BCUT2D eigenvalue weighted by molar-refractivity contribution is 0.108. The molecule has 5 heteroatoms. The Bertz CT molecular complexity index is 549. The molecule has 0 N–H and O–H groups in total. The van der Waals surface area contributed by atoms with Gasteiger partial charge in [-0.05, 0) is 36.7 Å². The van der Waals surface area contributed by atoms with Crippen molar-refractivity contribution in [1.82, 2.24) is 4.98 Å². The van der Waals surface area contributed by atoms with E-state index in [0.717, 1.165) is 5.69 Å². The lowest BCUT2D eigenvalue weighted by Crippen LogP contribution is -1.90. The van der Waals surface area contributed by atoms with Crippen LogP contribution in [0, 0.1) is 6.92 Å². The van der Waals surface area contributed by atoms with Crippen LogP contribution in [0.25, 0.3) is 11.5 Å². The number of benzene rings is 1. The maximum atomic E-state index is 11.0. The summed E-state index contributed by atoms with van der Waals surface area (Å²) in [6.45, 7) is 1.82. The Labute approximate surface area is 102 Å². The van der Waals surface area contributed by atoms with Gasteiger partial charge in [0.15, 0.2) is 0 Å². The van der Waals surface area contributed by atoms with Gasteiger partial charge in [-0.15, -0.1) is 0 Å². The first-order valence-electron chi connectivity index (χ1n) is 4.50. The van der Waals surface area contributed by atoms with Crippen molar-refractivity contribution in [1.29, 1.82) is 0 Å². The van der Waals surface area contributed by atoms with Crippen molar-refractivity contribution < 1.29 is 9.21 Å². The molecule has 0 fully saturated rings. The van der Waals surface area contributed by atoms with E-state index in [1.54, 1.807) is 24.5 Å². The molecule has 0 spiro atoms. The summed E-state index contributed by atoms with van der Waals surface area (Å²) in [7, 11) is 0. The van der Waals surface area contributed by atoms with Gasteiger partial charge >= 0.3 is 0 Å². The number of oxazole rings is 1. The fourth-order valence-corrected chi connectivity index (χ4v) is 1.77. The van der Waals surface area contributed by atoms with E-state index in [2.05, 4.69) is 4.98 Å². The lowest BCUT2D eigenvalue weighted by atomic mass is 10.1. The molecular formula is C11H7Cl2NO2. The second-order valence-corrected chi connectivity index (χ2v) is 4.01. The smallest absolute Gasteiger partial charge is 0.253 e. The highest BCUT2D eigenvalue weighted by molar-refractivity contribution is 6.68. The third kappa shape index (κ3) is 2.10. The molecule has 0 aliphatic heterocycles. The monoisotopic (exact) mass is 255 g/mol. The molecule has 0 aliphatic carbocycles. The van der Waals surface area contributed by atoms with Gasteiger partial charge < -0.3 is 4.42 Å². The third-order valence-corrected chi connectivity index (χ3v) is 2.56. The second-order valence-electron chi connectivity index (χ2n) is 3.26. The Kier molecular flexibility index (Phi) is 2.99. The molecule has 2 aromatic rings. The van der Waals surface area contributed by atoms with Crippen molar-refractivity contribution in [3.05, 3.63) is 40.7 Å². The molecule has 0 bridgehead atoms. The average molecular weight is 256 g/mol. The largest absolute Gasteiger partial charge is 0.444 e. The van der Waals surface area contributed by atoms with Gasteiger partial charge in [0.25, 0.3) is 5.24 Å². The molecule has 16 heavy (non-hydrogen) atoms. The Morgan fingerprint density at radius 2 is 2.19 bits per heavy atom. The minimum Gasteiger partial charge on any atom is -0.444 e. The predicted octanol–water partition coefficient (Wildman–Crippen LogP) is 3.68. The Morgan fingerprint density at radius 3 is 2.69 bits per heavy atom. The van der Waals surface area contributed by atoms with Crippen LogP contribution in [0.4, 0.5) is 0 Å². The van der Waals surface area contributed by atoms with E-state index in [-0.39, 0.29) is 10.6 Å². The topological polar surface area (TPSA) is 43.1 Å². The van der Waals surface area contributed by atoms with E-state index in [1.165, 1.54) is 0 Å². The fraction of sp³-hybridized carbons (Fsp3) is 0.0909. The number of carbonyl (C=O) groups excluding carboxylic acids is 1. The van der Waals surface area contributed by atoms with Crippen LogP contribution in [-0.2, 0) is 0 Å². The quantitative estimate of drug-likeness (QED) is 0.769. The molecule has 3 nitrogen and oxygen atoms in total. The summed E-state index contributed by atoms with van der Waals surface area (Å²) < 4.78 is 5.22. The number of hydrogen-bond donors (Lipinski definition) is 0. The summed E-state index contributed by atoms with van der Waals surface area (Å²) in [6, 6.07) is 4.84. The molecule has 1 aromatic carbocycles. The van der Waals surface area contributed by atoms with E-state index in [1.807, 2.05) is 6.92 Å². The van der Waals surface area contributed by atoms with Crippen molar-refractivity contribution in [3.63, 3.8) is 0 Å².